The average molecular weight is 354 g/mol. The van der Waals surface area contributed by atoms with Crippen LogP contribution in [0, 0.1) is 0 Å². The lowest BCUT2D eigenvalue weighted by Crippen LogP contribution is -2.38. The summed E-state index contributed by atoms with van der Waals surface area (Å²) in [6, 6.07) is 2.31. The van der Waals surface area contributed by atoms with Crippen LogP contribution in [-0.4, -0.2) is 59.0 Å². The van der Waals surface area contributed by atoms with Gasteiger partial charge in [-0.1, -0.05) is 0 Å². The van der Waals surface area contributed by atoms with E-state index in [0.29, 0.717) is 11.9 Å². The van der Waals surface area contributed by atoms with Gasteiger partial charge in [0.15, 0.2) is 5.69 Å². The Balaban J connectivity index is 1.74. The van der Waals surface area contributed by atoms with E-state index in [-0.39, 0.29) is 11.6 Å². The molecule has 8 heteroatoms. The van der Waals surface area contributed by atoms with E-state index in [1.54, 1.807) is 20.3 Å². The van der Waals surface area contributed by atoms with E-state index in [9.17, 15) is 4.79 Å². The quantitative estimate of drug-likeness (QED) is 0.663. The molecule has 26 heavy (non-hydrogen) atoms. The average Bonchev–Trinajstić information content (AvgIpc) is 3.31. The summed E-state index contributed by atoms with van der Waals surface area (Å²) in [7, 11) is 3.38. The lowest BCUT2D eigenvalue weighted by atomic mass is 10.1. The number of carbonyl (C=O) groups excluding carboxylic acids is 1. The van der Waals surface area contributed by atoms with Crippen LogP contribution in [0.2, 0.25) is 0 Å². The van der Waals surface area contributed by atoms with Gasteiger partial charge in [-0.2, -0.15) is 0 Å². The second-order valence-corrected chi connectivity index (χ2v) is 6.71. The van der Waals surface area contributed by atoms with Crippen LogP contribution >= 0.6 is 0 Å². The summed E-state index contributed by atoms with van der Waals surface area (Å²) in [5, 5.41) is 8.01. The lowest BCUT2D eigenvalue weighted by Gasteiger charge is -2.26. The fraction of sp³-hybridized carbons (Fsp3) is 0.389. The first-order valence-electron chi connectivity index (χ1n) is 8.74. The van der Waals surface area contributed by atoms with Crippen molar-refractivity contribution < 1.29 is 9.21 Å². The van der Waals surface area contributed by atoms with Crippen LogP contribution in [-0.2, 0) is 0 Å². The van der Waals surface area contributed by atoms with Gasteiger partial charge in [-0.25, -0.2) is 9.97 Å². The highest BCUT2D eigenvalue weighted by molar-refractivity contribution is 5.98. The van der Waals surface area contributed by atoms with Gasteiger partial charge in [0.1, 0.15) is 11.9 Å². The molecule has 4 rings (SSSR count). The number of carbonyl (C=O) groups is 1. The van der Waals surface area contributed by atoms with Gasteiger partial charge >= 0.3 is 0 Å². The van der Waals surface area contributed by atoms with E-state index in [0.717, 1.165) is 48.2 Å². The predicted octanol–water partition coefficient (Wildman–Crippen LogP) is 2.08. The molecule has 3 N–H and O–H groups in total. The van der Waals surface area contributed by atoms with Gasteiger partial charge in [0.05, 0.1) is 11.3 Å². The van der Waals surface area contributed by atoms with Crippen LogP contribution < -0.4 is 10.6 Å². The Morgan fingerprint density at radius 3 is 3.08 bits per heavy atom. The Kier molecular flexibility index (Phi) is 4.34. The molecule has 0 spiro atoms. The number of pyridine rings is 1. The zero-order chi connectivity index (χ0) is 18.1. The minimum absolute atomic E-state index is 0.193. The van der Waals surface area contributed by atoms with E-state index in [1.807, 2.05) is 12.3 Å². The molecule has 0 aromatic carbocycles. The third kappa shape index (κ3) is 3.03. The van der Waals surface area contributed by atoms with Crippen LogP contribution in [0.4, 0.5) is 5.69 Å². The van der Waals surface area contributed by atoms with Gasteiger partial charge < -0.3 is 24.9 Å². The largest absolute Gasteiger partial charge is 0.443 e. The highest BCUT2D eigenvalue weighted by Gasteiger charge is 2.22. The number of hydrogen-bond donors (Lipinski definition) is 3. The zero-order valence-corrected chi connectivity index (χ0v) is 14.9. The van der Waals surface area contributed by atoms with Gasteiger partial charge in [-0.05, 0) is 25.5 Å². The SMILES string of the molecule is CN(C)C(=O)c1coc(-c2cnc3[nH]ccc3c2NC2CCCNC2)n1. The molecule has 1 unspecified atom stereocenters. The summed E-state index contributed by atoms with van der Waals surface area (Å²) in [5.41, 5.74) is 2.76. The molecule has 136 valence electrons. The molecule has 3 aromatic heterocycles. The van der Waals surface area contributed by atoms with Gasteiger partial charge in [-0.3, -0.25) is 4.79 Å². The predicted molar refractivity (Wildman–Crippen MR) is 99.1 cm³/mol. The fourth-order valence-corrected chi connectivity index (χ4v) is 3.23. The summed E-state index contributed by atoms with van der Waals surface area (Å²) < 4.78 is 5.61. The molecule has 0 aliphatic carbocycles. The maximum Gasteiger partial charge on any atom is 0.275 e. The summed E-state index contributed by atoms with van der Waals surface area (Å²) in [4.78, 5) is 25.6. The number of piperidine rings is 1. The summed E-state index contributed by atoms with van der Waals surface area (Å²) >= 11 is 0. The first-order valence-corrected chi connectivity index (χ1v) is 8.74. The smallest absolute Gasteiger partial charge is 0.275 e. The van der Waals surface area contributed by atoms with Crippen LogP contribution in [0.15, 0.2) is 29.1 Å². The molecule has 1 aliphatic heterocycles. The summed E-state index contributed by atoms with van der Waals surface area (Å²) in [6.07, 6.45) is 7.21. The third-order valence-electron chi connectivity index (χ3n) is 4.59. The van der Waals surface area contributed by atoms with E-state index < -0.39 is 0 Å². The number of anilines is 1. The number of H-pyrrole nitrogens is 1. The van der Waals surface area contributed by atoms with Gasteiger partial charge in [-0.15, -0.1) is 0 Å². The number of nitrogens with one attached hydrogen (secondary N) is 3. The number of amides is 1. The molecule has 0 saturated carbocycles. The minimum atomic E-state index is -0.193. The van der Waals surface area contributed by atoms with Crippen molar-refractivity contribution >= 4 is 22.6 Å². The highest BCUT2D eigenvalue weighted by Crippen LogP contribution is 2.34. The van der Waals surface area contributed by atoms with E-state index >= 15 is 0 Å². The van der Waals surface area contributed by atoms with Crippen molar-refractivity contribution in [1.29, 1.82) is 0 Å². The molecule has 1 atom stereocenters. The molecule has 1 saturated heterocycles. The molecule has 1 amide bonds. The molecule has 1 fully saturated rings. The second kappa shape index (κ2) is 6.80. The molecule has 4 heterocycles. The van der Waals surface area contributed by atoms with E-state index in [2.05, 4.69) is 25.6 Å². The standard InChI is InChI=1S/C18H22N6O2/c1-24(2)18(25)14-10-26-17(23-14)13-9-21-16-12(5-7-20-16)15(13)22-11-4-3-6-19-8-11/h5,7,9-11,19H,3-4,6,8H2,1-2H3,(H2,20,21,22). The third-order valence-corrected chi connectivity index (χ3v) is 4.59. The minimum Gasteiger partial charge on any atom is -0.443 e. The molecule has 8 nitrogen and oxygen atoms in total. The Morgan fingerprint density at radius 2 is 2.31 bits per heavy atom. The van der Waals surface area contributed by atoms with Crippen molar-refractivity contribution in [3.63, 3.8) is 0 Å². The Morgan fingerprint density at radius 1 is 1.42 bits per heavy atom. The van der Waals surface area contributed by atoms with Gasteiger partial charge in [0, 0.05) is 44.5 Å². The number of rotatable bonds is 4. The number of oxazole rings is 1. The van der Waals surface area contributed by atoms with Crippen LogP contribution in [0.3, 0.4) is 0 Å². The number of hydrogen-bond acceptors (Lipinski definition) is 6. The molecular weight excluding hydrogens is 332 g/mol. The Hall–Kier alpha value is -2.87. The topological polar surface area (TPSA) is 99.1 Å². The maximum atomic E-state index is 12.1. The monoisotopic (exact) mass is 354 g/mol. The molecule has 3 aromatic rings. The number of nitrogens with zero attached hydrogens (tertiary/aromatic N) is 3. The maximum absolute atomic E-state index is 12.1. The Bertz CT molecular complexity index is 923. The first kappa shape index (κ1) is 16.6. The van der Waals surface area contributed by atoms with Crippen molar-refractivity contribution in [2.24, 2.45) is 0 Å². The van der Waals surface area contributed by atoms with E-state index in [4.69, 9.17) is 4.42 Å². The number of aromatic nitrogens is 3. The Labute approximate surface area is 151 Å². The first-order chi connectivity index (χ1) is 12.6. The summed E-state index contributed by atoms with van der Waals surface area (Å²) in [5.74, 6) is 0.193. The van der Waals surface area contributed by atoms with Crippen molar-refractivity contribution in [1.82, 2.24) is 25.2 Å². The lowest BCUT2D eigenvalue weighted by molar-refractivity contribution is 0.0822. The van der Waals surface area contributed by atoms with Crippen molar-refractivity contribution in [2.75, 3.05) is 32.5 Å². The fourth-order valence-electron chi connectivity index (χ4n) is 3.23. The summed E-state index contributed by atoms with van der Waals surface area (Å²) in [6.45, 7) is 1.96. The van der Waals surface area contributed by atoms with Crippen LogP contribution in [0.25, 0.3) is 22.5 Å². The highest BCUT2D eigenvalue weighted by atomic mass is 16.3. The molecule has 0 bridgehead atoms. The number of aromatic amines is 1. The van der Waals surface area contributed by atoms with Crippen molar-refractivity contribution in [3.8, 4) is 11.5 Å². The van der Waals surface area contributed by atoms with E-state index in [1.165, 1.54) is 11.2 Å². The van der Waals surface area contributed by atoms with Gasteiger partial charge in [0.2, 0.25) is 5.89 Å². The van der Waals surface area contributed by atoms with Crippen molar-refractivity contribution in [2.45, 2.75) is 18.9 Å². The van der Waals surface area contributed by atoms with Crippen molar-refractivity contribution in [3.05, 3.63) is 30.4 Å². The normalized spacial score (nSPS) is 17.4. The zero-order valence-electron chi connectivity index (χ0n) is 14.9. The van der Waals surface area contributed by atoms with Gasteiger partial charge in [0.25, 0.3) is 5.91 Å². The van der Waals surface area contributed by atoms with Crippen LogP contribution in [0.1, 0.15) is 23.3 Å². The molecule has 0 radical (unpaired) electrons. The number of fused-ring (bicyclic) bond motifs is 1. The second-order valence-electron chi connectivity index (χ2n) is 6.71. The van der Waals surface area contributed by atoms with Crippen LogP contribution in [0.5, 0.6) is 0 Å². The molecular formula is C18H22N6O2. The molecule has 1 aliphatic rings.